The van der Waals surface area contributed by atoms with Gasteiger partial charge >= 0.3 is 0 Å². The fraction of sp³-hybridized carbons (Fsp3) is 0.158. The van der Waals surface area contributed by atoms with Crippen LogP contribution in [0.15, 0.2) is 51.4 Å². The van der Waals surface area contributed by atoms with E-state index in [0.717, 1.165) is 21.1 Å². The second-order valence-corrected chi connectivity index (χ2v) is 6.69. The average Bonchev–Trinajstić information content (AvgIpc) is 2.91. The molecule has 0 aliphatic carbocycles. The molecule has 0 bridgehead atoms. The molecule has 6 heteroatoms. The van der Waals surface area contributed by atoms with Gasteiger partial charge in [0.05, 0.1) is 0 Å². The lowest BCUT2D eigenvalue weighted by Gasteiger charge is -2.15. The fourth-order valence-corrected chi connectivity index (χ4v) is 2.91. The first-order valence-electron chi connectivity index (χ1n) is 7.71. The van der Waals surface area contributed by atoms with Crippen LogP contribution >= 0.6 is 15.9 Å². The number of furan rings is 1. The minimum Gasteiger partial charge on any atom is -0.451 e. The molecule has 0 saturated heterocycles. The summed E-state index contributed by atoms with van der Waals surface area (Å²) in [5.74, 6) is -0.0728. The van der Waals surface area contributed by atoms with Gasteiger partial charge in [-0.1, -0.05) is 15.9 Å². The van der Waals surface area contributed by atoms with Gasteiger partial charge in [-0.3, -0.25) is 9.59 Å². The van der Waals surface area contributed by atoms with Crippen LogP contribution in [0.3, 0.4) is 0 Å². The van der Waals surface area contributed by atoms with E-state index in [4.69, 9.17) is 4.42 Å². The Balaban J connectivity index is 1.83. The number of nitrogens with one attached hydrogen (secondary N) is 1. The number of aryl methyl sites for hydroxylation is 1. The molecular formula is C19H17BrN2O3. The van der Waals surface area contributed by atoms with E-state index in [1.54, 1.807) is 31.3 Å². The van der Waals surface area contributed by atoms with Crippen molar-refractivity contribution in [3.05, 3.63) is 58.3 Å². The van der Waals surface area contributed by atoms with Crippen molar-refractivity contribution in [1.82, 2.24) is 0 Å². The molecule has 0 aliphatic rings. The molecule has 1 aromatic heterocycles. The quantitative estimate of drug-likeness (QED) is 0.690. The van der Waals surface area contributed by atoms with Gasteiger partial charge in [0, 0.05) is 40.8 Å². The molecule has 0 unspecified atom stereocenters. The zero-order chi connectivity index (χ0) is 18.1. The molecule has 0 aliphatic heterocycles. The van der Waals surface area contributed by atoms with E-state index < -0.39 is 0 Å². The van der Waals surface area contributed by atoms with E-state index in [9.17, 15) is 9.59 Å². The number of hydrogen-bond donors (Lipinski definition) is 1. The van der Waals surface area contributed by atoms with Crippen molar-refractivity contribution < 1.29 is 14.0 Å². The van der Waals surface area contributed by atoms with Gasteiger partial charge in [0.1, 0.15) is 5.58 Å². The zero-order valence-electron chi connectivity index (χ0n) is 14.1. The van der Waals surface area contributed by atoms with Crippen LogP contribution in [0.25, 0.3) is 11.0 Å². The largest absolute Gasteiger partial charge is 0.451 e. The third kappa shape index (κ3) is 3.44. The summed E-state index contributed by atoms with van der Waals surface area (Å²) < 4.78 is 6.63. The Morgan fingerprint density at radius 2 is 1.80 bits per heavy atom. The van der Waals surface area contributed by atoms with Crippen LogP contribution < -0.4 is 10.2 Å². The maximum Gasteiger partial charge on any atom is 0.291 e. The van der Waals surface area contributed by atoms with Crippen LogP contribution in [0.2, 0.25) is 0 Å². The van der Waals surface area contributed by atoms with Crippen molar-refractivity contribution >= 4 is 50.1 Å². The van der Waals surface area contributed by atoms with Gasteiger partial charge in [-0.15, -0.1) is 0 Å². The number of hydrogen-bond acceptors (Lipinski definition) is 3. The number of fused-ring (bicyclic) bond motifs is 1. The van der Waals surface area contributed by atoms with E-state index in [0.29, 0.717) is 11.3 Å². The molecule has 2 aromatic carbocycles. The van der Waals surface area contributed by atoms with E-state index in [2.05, 4.69) is 21.2 Å². The number of amides is 2. The monoisotopic (exact) mass is 400 g/mol. The Labute approximate surface area is 153 Å². The number of anilines is 2. The fourth-order valence-electron chi connectivity index (χ4n) is 2.55. The molecule has 3 rings (SSSR count). The summed E-state index contributed by atoms with van der Waals surface area (Å²) in [5.41, 5.74) is 2.85. The maximum atomic E-state index is 12.5. The van der Waals surface area contributed by atoms with Gasteiger partial charge < -0.3 is 14.6 Å². The lowest BCUT2D eigenvalue weighted by molar-refractivity contribution is -0.116. The van der Waals surface area contributed by atoms with E-state index in [1.807, 2.05) is 25.1 Å². The van der Waals surface area contributed by atoms with E-state index in [1.165, 1.54) is 11.8 Å². The standard InChI is InChI=1S/C19H17BrN2O3/c1-11-16-10-13(20)4-9-17(16)25-18(11)19(24)21-14-5-7-15(8-6-14)22(3)12(2)23/h4-10H,1-3H3,(H,21,24). The predicted molar refractivity (Wildman–Crippen MR) is 102 cm³/mol. The van der Waals surface area contributed by atoms with Crippen molar-refractivity contribution in [2.75, 3.05) is 17.3 Å². The number of benzene rings is 2. The highest BCUT2D eigenvalue weighted by atomic mass is 79.9. The number of carbonyl (C=O) groups excluding carboxylic acids is 2. The highest BCUT2D eigenvalue weighted by molar-refractivity contribution is 9.10. The lowest BCUT2D eigenvalue weighted by Crippen LogP contribution is -2.22. The third-order valence-corrected chi connectivity index (χ3v) is 4.58. The van der Waals surface area contributed by atoms with Crippen LogP contribution in [0.4, 0.5) is 11.4 Å². The summed E-state index contributed by atoms with van der Waals surface area (Å²) >= 11 is 3.42. The first-order chi connectivity index (χ1) is 11.9. The number of carbonyl (C=O) groups is 2. The molecule has 0 atom stereocenters. The minimum atomic E-state index is -0.308. The van der Waals surface area contributed by atoms with Crippen molar-refractivity contribution in [2.24, 2.45) is 0 Å². The second-order valence-electron chi connectivity index (χ2n) is 5.78. The maximum absolute atomic E-state index is 12.5. The highest BCUT2D eigenvalue weighted by Gasteiger charge is 2.18. The number of rotatable bonds is 3. The Bertz CT molecular complexity index is 961. The molecule has 1 N–H and O–H groups in total. The summed E-state index contributed by atoms with van der Waals surface area (Å²) in [6, 6.07) is 12.7. The van der Waals surface area contributed by atoms with Gasteiger partial charge in [0.2, 0.25) is 5.91 Å². The summed E-state index contributed by atoms with van der Waals surface area (Å²) in [4.78, 5) is 25.4. The Kier molecular flexibility index (Phi) is 4.63. The first kappa shape index (κ1) is 17.2. The minimum absolute atomic E-state index is 0.0548. The van der Waals surface area contributed by atoms with Crippen molar-refractivity contribution in [3.63, 3.8) is 0 Å². The molecule has 25 heavy (non-hydrogen) atoms. The molecule has 5 nitrogen and oxygen atoms in total. The summed E-state index contributed by atoms with van der Waals surface area (Å²) in [7, 11) is 1.70. The Morgan fingerprint density at radius 1 is 1.12 bits per heavy atom. The summed E-state index contributed by atoms with van der Waals surface area (Å²) in [6.45, 7) is 3.36. The molecule has 0 fully saturated rings. The lowest BCUT2D eigenvalue weighted by atomic mass is 10.1. The number of halogens is 1. The van der Waals surface area contributed by atoms with Crippen LogP contribution in [0.5, 0.6) is 0 Å². The normalized spacial score (nSPS) is 10.7. The topological polar surface area (TPSA) is 62.6 Å². The summed E-state index contributed by atoms with van der Waals surface area (Å²) in [6.07, 6.45) is 0. The van der Waals surface area contributed by atoms with Crippen molar-refractivity contribution in [2.45, 2.75) is 13.8 Å². The SMILES string of the molecule is CC(=O)N(C)c1ccc(NC(=O)c2oc3ccc(Br)cc3c2C)cc1. The molecule has 1 heterocycles. The van der Waals surface area contributed by atoms with E-state index >= 15 is 0 Å². The zero-order valence-corrected chi connectivity index (χ0v) is 15.7. The molecular weight excluding hydrogens is 384 g/mol. The van der Waals surface area contributed by atoms with Crippen LogP contribution in [0, 0.1) is 6.92 Å². The molecule has 128 valence electrons. The summed E-state index contributed by atoms with van der Waals surface area (Å²) in [5, 5.41) is 3.72. The second kappa shape index (κ2) is 6.72. The third-order valence-electron chi connectivity index (χ3n) is 4.09. The van der Waals surface area contributed by atoms with Gasteiger partial charge in [-0.05, 0) is 49.4 Å². The molecule has 0 radical (unpaired) electrons. The van der Waals surface area contributed by atoms with Crippen LogP contribution in [0.1, 0.15) is 23.0 Å². The highest BCUT2D eigenvalue weighted by Crippen LogP contribution is 2.28. The molecule has 0 spiro atoms. The van der Waals surface area contributed by atoms with Gasteiger partial charge in [-0.25, -0.2) is 0 Å². The number of nitrogens with zero attached hydrogens (tertiary/aromatic N) is 1. The van der Waals surface area contributed by atoms with Crippen LogP contribution in [-0.2, 0) is 4.79 Å². The van der Waals surface area contributed by atoms with E-state index in [-0.39, 0.29) is 17.6 Å². The first-order valence-corrected chi connectivity index (χ1v) is 8.50. The Morgan fingerprint density at radius 3 is 2.44 bits per heavy atom. The molecule has 3 aromatic rings. The van der Waals surface area contributed by atoms with Gasteiger partial charge in [0.15, 0.2) is 5.76 Å². The average molecular weight is 401 g/mol. The van der Waals surface area contributed by atoms with Crippen LogP contribution in [-0.4, -0.2) is 18.9 Å². The van der Waals surface area contributed by atoms with Crippen molar-refractivity contribution in [3.8, 4) is 0 Å². The smallest absolute Gasteiger partial charge is 0.291 e. The van der Waals surface area contributed by atoms with Gasteiger partial charge in [0.25, 0.3) is 5.91 Å². The van der Waals surface area contributed by atoms with Gasteiger partial charge in [-0.2, -0.15) is 0 Å². The predicted octanol–water partition coefficient (Wildman–Crippen LogP) is 4.74. The molecule has 2 amide bonds. The van der Waals surface area contributed by atoms with Crippen molar-refractivity contribution in [1.29, 1.82) is 0 Å². The Hall–Kier alpha value is -2.60. The molecule has 0 saturated carbocycles.